The molecule has 0 aromatic heterocycles. The van der Waals surface area contributed by atoms with Crippen molar-refractivity contribution in [2.75, 3.05) is 51.0 Å². The Bertz CT molecular complexity index is 562. The van der Waals surface area contributed by atoms with Gasteiger partial charge < -0.3 is 34.8 Å². The van der Waals surface area contributed by atoms with Crippen molar-refractivity contribution in [3.8, 4) is 0 Å². The molecule has 3 unspecified atom stereocenters. The lowest BCUT2D eigenvalue weighted by molar-refractivity contribution is 0.382. The normalized spacial score (nSPS) is 17.2. The quantitative estimate of drug-likeness (QED) is 0.126. The van der Waals surface area contributed by atoms with E-state index in [1.165, 1.54) is 39.2 Å². The van der Waals surface area contributed by atoms with Crippen LogP contribution in [0, 0.1) is 17.8 Å². The van der Waals surface area contributed by atoms with Crippen LogP contribution < -0.4 is 0 Å². The van der Waals surface area contributed by atoms with E-state index in [9.17, 15) is 0 Å². The second kappa shape index (κ2) is 52.3. The molecule has 0 amide bonds. The van der Waals surface area contributed by atoms with Gasteiger partial charge in [0.2, 0.25) is 0 Å². The van der Waals surface area contributed by atoms with E-state index >= 15 is 0 Å². The molecule has 3 atom stereocenters. The van der Waals surface area contributed by atoms with Crippen molar-refractivity contribution in [3.63, 3.8) is 0 Å². The van der Waals surface area contributed by atoms with Gasteiger partial charge in [-0.05, 0) is 54.9 Å². The van der Waals surface area contributed by atoms with E-state index in [2.05, 4.69) is 108 Å². The SMILES string of the molecule is C.C.CB(O)O.CC.CC.CC.CCC.CCCC1C=CN(C)C1.CI.CN1C=CC(CB(O)O)C1.CN1C=CC(CBr)C1. The molecule has 0 radical (unpaired) electrons. The monoisotopic (exact) mass is 809 g/mol. The molecule has 0 saturated heterocycles. The van der Waals surface area contributed by atoms with Crippen molar-refractivity contribution in [2.24, 2.45) is 17.8 Å². The maximum atomic E-state index is 8.60. The fourth-order valence-corrected chi connectivity index (χ4v) is 3.78. The first-order valence-electron chi connectivity index (χ1n) is 15.8. The van der Waals surface area contributed by atoms with Crippen molar-refractivity contribution in [1.82, 2.24) is 14.7 Å². The zero-order chi connectivity index (χ0) is 34.5. The first-order valence-corrected chi connectivity index (χ1v) is 19.1. The Kier molecular flexibility index (Phi) is 74.5. The Hall–Kier alpha value is -0.200. The van der Waals surface area contributed by atoms with Crippen LogP contribution in [0.25, 0.3) is 0 Å². The third-order valence-corrected chi connectivity index (χ3v) is 5.61. The molecule has 7 nitrogen and oxygen atoms in total. The van der Waals surface area contributed by atoms with E-state index in [0.717, 1.165) is 23.7 Å². The van der Waals surface area contributed by atoms with Crippen LogP contribution in [0.4, 0.5) is 0 Å². The molecule has 0 saturated carbocycles. The van der Waals surface area contributed by atoms with Gasteiger partial charge in [-0.2, -0.15) is 0 Å². The van der Waals surface area contributed by atoms with Gasteiger partial charge in [0, 0.05) is 52.0 Å². The van der Waals surface area contributed by atoms with E-state index in [1.807, 2.05) is 70.7 Å². The van der Waals surface area contributed by atoms with E-state index in [4.69, 9.17) is 20.1 Å². The van der Waals surface area contributed by atoms with Gasteiger partial charge in [-0.3, -0.25) is 0 Å². The summed E-state index contributed by atoms with van der Waals surface area (Å²) in [7, 11) is 3.87. The third kappa shape index (κ3) is 54.3. The Morgan fingerprint density at radius 2 is 0.955 bits per heavy atom. The minimum Gasteiger partial charge on any atom is -0.427 e. The highest BCUT2D eigenvalue weighted by Gasteiger charge is 2.18. The van der Waals surface area contributed by atoms with Gasteiger partial charge >= 0.3 is 14.2 Å². The van der Waals surface area contributed by atoms with Gasteiger partial charge in [-0.25, -0.2) is 0 Å². The summed E-state index contributed by atoms with van der Waals surface area (Å²) in [6, 6.07) is 0. The molecule has 3 aliphatic rings. The second-order valence-electron chi connectivity index (χ2n) is 9.12. The molecule has 3 heterocycles. The van der Waals surface area contributed by atoms with Crippen molar-refractivity contribution >= 4 is 52.8 Å². The predicted octanol–water partition coefficient (Wildman–Crippen LogP) is 8.76. The summed E-state index contributed by atoms with van der Waals surface area (Å²) in [6.07, 6.45) is 17.2. The van der Waals surface area contributed by atoms with Gasteiger partial charge in [0.05, 0.1) is 0 Å². The topological polar surface area (TPSA) is 90.6 Å². The van der Waals surface area contributed by atoms with E-state index in [0.29, 0.717) is 12.2 Å². The summed E-state index contributed by atoms with van der Waals surface area (Å²) in [6.45, 7) is 23.1. The molecular weight excluding hydrogens is 731 g/mol. The predicted molar refractivity (Wildman–Crippen MR) is 219 cm³/mol. The highest BCUT2D eigenvalue weighted by Crippen LogP contribution is 2.16. The van der Waals surface area contributed by atoms with Crippen molar-refractivity contribution in [2.45, 2.75) is 110 Å². The number of halogens is 2. The Balaban J connectivity index is -0.0000000596. The Morgan fingerprint density at radius 1 is 0.682 bits per heavy atom. The van der Waals surface area contributed by atoms with Crippen molar-refractivity contribution in [1.29, 1.82) is 0 Å². The summed E-state index contributed by atoms with van der Waals surface area (Å²) < 4.78 is 0. The number of alkyl halides is 2. The maximum Gasteiger partial charge on any atom is 0.452 e. The summed E-state index contributed by atoms with van der Waals surface area (Å²) in [5.74, 6) is 1.88. The van der Waals surface area contributed by atoms with Crippen LogP contribution in [0.15, 0.2) is 36.8 Å². The summed E-state index contributed by atoms with van der Waals surface area (Å²) in [4.78, 5) is 8.46. The number of hydrogen-bond acceptors (Lipinski definition) is 7. The fourth-order valence-electron chi connectivity index (χ4n) is 3.36. The molecule has 0 aromatic rings. The lowest BCUT2D eigenvalue weighted by Crippen LogP contribution is -2.19. The molecule has 3 aliphatic heterocycles. The zero-order valence-corrected chi connectivity index (χ0v) is 33.6. The van der Waals surface area contributed by atoms with Gasteiger partial charge in [-0.15, -0.1) is 0 Å². The lowest BCUT2D eigenvalue weighted by atomic mass is 9.79. The second-order valence-corrected chi connectivity index (χ2v) is 9.77. The highest BCUT2D eigenvalue weighted by atomic mass is 127. The number of hydrogen-bond donors (Lipinski definition) is 4. The molecule has 0 bridgehead atoms. The average Bonchev–Trinajstić information content (AvgIpc) is 3.71. The molecule has 11 heteroatoms. The summed E-state index contributed by atoms with van der Waals surface area (Å²) in [5.41, 5.74) is 0. The number of rotatable bonds is 5. The van der Waals surface area contributed by atoms with Crippen LogP contribution in [0.3, 0.4) is 0 Å². The van der Waals surface area contributed by atoms with Crippen LogP contribution in [0.1, 0.15) is 96.4 Å². The number of nitrogens with zero attached hydrogens (tertiary/aromatic N) is 3. The molecule has 4 N–H and O–H groups in total. The van der Waals surface area contributed by atoms with Gasteiger partial charge in [0.1, 0.15) is 0 Å². The standard InChI is InChI=1S/C8H15N.C6H12BNO2.C6H10BrN.C3H8.3C2H6.CH5BO2.CH3I.2CH4/c1-3-4-8-5-6-9(2)7-8;1-8-3-2-6(5-8)4-7(9)10;1-8-3-2-6(4-7)5-8;1-3-2;3*1-2;1-2(3)4;1-2;;/h5-6,8H,3-4,7H2,1-2H3;2-3,6,9-10H,4-5H2,1H3;2-3,6H,4-5H2,1H3;3H2,1-2H3;3*1-2H3;3-4H,1H3;1H3;2*1H4. The molecule has 44 heavy (non-hydrogen) atoms. The van der Waals surface area contributed by atoms with Crippen LogP contribution in [0.5, 0.6) is 0 Å². The lowest BCUT2D eigenvalue weighted by Gasteiger charge is -2.10. The Labute approximate surface area is 301 Å². The van der Waals surface area contributed by atoms with Crippen molar-refractivity contribution in [3.05, 3.63) is 36.8 Å². The smallest absolute Gasteiger partial charge is 0.427 e. The molecule has 0 aromatic carbocycles. The van der Waals surface area contributed by atoms with E-state index in [1.54, 1.807) is 0 Å². The van der Waals surface area contributed by atoms with Crippen LogP contribution in [-0.2, 0) is 0 Å². The maximum absolute atomic E-state index is 8.60. The minimum absolute atomic E-state index is 0. The molecular formula is C33H79B2BrIN3O4. The molecule has 3 rings (SSSR count). The minimum atomic E-state index is -1.17. The largest absolute Gasteiger partial charge is 0.452 e. The van der Waals surface area contributed by atoms with Gasteiger partial charge in [0.25, 0.3) is 0 Å². The summed E-state index contributed by atoms with van der Waals surface area (Å²) >= 11 is 5.58. The van der Waals surface area contributed by atoms with E-state index in [-0.39, 0.29) is 14.9 Å². The van der Waals surface area contributed by atoms with E-state index < -0.39 is 14.2 Å². The highest BCUT2D eigenvalue weighted by molar-refractivity contribution is 14.1. The Morgan fingerprint density at radius 3 is 1.14 bits per heavy atom. The first kappa shape index (κ1) is 62.6. The van der Waals surface area contributed by atoms with Crippen LogP contribution in [0.2, 0.25) is 13.1 Å². The zero-order valence-electron chi connectivity index (χ0n) is 29.9. The fraction of sp³-hybridized carbons (Fsp3) is 0.818. The third-order valence-electron chi connectivity index (χ3n) is 4.78. The molecule has 270 valence electrons. The molecule has 0 aliphatic carbocycles. The first-order chi connectivity index (χ1) is 20.0. The summed E-state index contributed by atoms with van der Waals surface area (Å²) in [5, 5.41) is 33.5. The van der Waals surface area contributed by atoms with Crippen LogP contribution in [-0.4, -0.2) is 100 Å². The van der Waals surface area contributed by atoms with Gasteiger partial charge in [-0.1, -0.05) is 147 Å². The van der Waals surface area contributed by atoms with Crippen molar-refractivity contribution < 1.29 is 20.1 Å². The molecule has 0 fully saturated rings. The van der Waals surface area contributed by atoms with Crippen LogP contribution >= 0.6 is 38.5 Å². The average molecular weight is 810 g/mol. The van der Waals surface area contributed by atoms with Gasteiger partial charge in [0.15, 0.2) is 0 Å². The molecule has 0 spiro atoms.